The van der Waals surface area contributed by atoms with Crippen molar-refractivity contribution in [3.8, 4) is 0 Å². The van der Waals surface area contributed by atoms with Crippen molar-refractivity contribution in [2.45, 2.75) is 26.3 Å². The molecule has 6 nitrogen and oxygen atoms in total. The number of aromatic nitrogens is 3. The van der Waals surface area contributed by atoms with Gasteiger partial charge in [0.05, 0.1) is 13.4 Å². The number of esters is 1. The van der Waals surface area contributed by atoms with Gasteiger partial charge in [0.15, 0.2) is 10.8 Å². The number of nitrogens with zero attached hydrogens (tertiary/aromatic N) is 3. The minimum Gasteiger partial charge on any atom is -0.464 e. The molecule has 0 fully saturated rings. The topological polar surface area (TPSA) is 69.0 Å². The average Bonchev–Trinajstić information content (AvgIpc) is 3.07. The van der Waals surface area contributed by atoms with Gasteiger partial charge in [-0.1, -0.05) is 0 Å². The number of ether oxygens (including phenoxy) is 1. The molecule has 0 saturated heterocycles. The van der Waals surface area contributed by atoms with Crippen molar-refractivity contribution in [3.63, 3.8) is 0 Å². The van der Waals surface area contributed by atoms with Gasteiger partial charge in [-0.3, -0.25) is 0 Å². The van der Waals surface area contributed by atoms with E-state index in [0.717, 1.165) is 35.9 Å². The highest BCUT2D eigenvalue weighted by Crippen LogP contribution is 2.22. The van der Waals surface area contributed by atoms with E-state index < -0.39 is 0 Å². The Bertz CT molecular complexity index is 551. The SMILES string of the molecule is COC(=O)c1nc(NCCCCn2ccnc2)sc1C. The number of unbranched alkanes of at least 4 members (excludes halogenated alkanes) is 1. The van der Waals surface area contributed by atoms with Crippen molar-refractivity contribution in [1.82, 2.24) is 14.5 Å². The number of methoxy groups -OCH3 is 1. The second kappa shape index (κ2) is 7.04. The third-order valence-corrected chi connectivity index (χ3v) is 3.78. The number of nitrogens with one attached hydrogen (secondary N) is 1. The van der Waals surface area contributed by atoms with Crippen LogP contribution in [0.1, 0.15) is 28.2 Å². The molecule has 1 N–H and O–H groups in total. The van der Waals surface area contributed by atoms with Crippen molar-refractivity contribution in [2.24, 2.45) is 0 Å². The lowest BCUT2D eigenvalue weighted by molar-refractivity contribution is 0.0594. The summed E-state index contributed by atoms with van der Waals surface area (Å²) in [5, 5.41) is 4.01. The van der Waals surface area contributed by atoms with Crippen LogP contribution in [0.5, 0.6) is 0 Å². The van der Waals surface area contributed by atoms with E-state index in [1.165, 1.54) is 18.4 Å². The lowest BCUT2D eigenvalue weighted by atomic mass is 10.3. The number of rotatable bonds is 7. The van der Waals surface area contributed by atoms with E-state index in [4.69, 9.17) is 0 Å². The van der Waals surface area contributed by atoms with Crippen LogP contribution in [0, 0.1) is 6.92 Å². The first-order valence-electron chi connectivity index (χ1n) is 6.46. The Kier molecular flexibility index (Phi) is 5.11. The smallest absolute Gasteiger partial charge is 0.357 e. The zero-order chi connectivity index (χ0) is 14.4. The number of thiazole rings is 1. The molecule has 20 heavy (non-hydrogen) atoms. The zero-order valence-corrected chi connectivity index (χ0v) is 12.4. The van der Waals surface area contributed by atoms with Gasteiger partial charge in [0, 0.05) is 30.4 Å². The predicted octanol–water partition coefficient (Wildman–Crippen LogP) is 2.33. The predicted molar refractivity (Wildman–Crippen MR) is 78.1 cm³/mol. The minimum atomic E-state index is -0.382. The van der Waals surface area contributed by atoms with Crippen LogP contribution >= 0.6 is 11.3 Å². The minimum absolute atomic E-state index is 0.382. The first kappa shape index (κ1) is 14.5. The van der Waals surface area contributed by atoms with Gasteiger partial charge in [-0.15, -0.1) is 11.3 Å². The lowest BCUT2D eigenvalue weighted by Gasteiger charge is -2.03. The van der Waals surface area contributed by atoms with Gasteiger partial charge >= 0.3 is 5.97 Å². The van der Waals surface area contributed by atoms with Crippen LogP contribution < -0.4 is 5.32 Å². The maximum absolute atomic E-state index is 11.4. The van der Waals surface area contributed by atoms with E-state index in [2.05, 4.69) is 24.6 Å². The van der Waals surface area contributed by atoms with Crippen LogP contribution in [0.25, 0.3) is 0 Å². The van der Waals surface area contributed by atoms with Crippen molar-refractivity contribution in [2.75, 3.05) is 19.0 Å². The Morgan fingerprint density at radius 2 is 2.35 bits per heavy atom. The number of carbonyl (C=O) groups is 1. The van der Waals surface area contributed by atoms with Gasteiger partial charge in [-0.05, 0) is 19.8 Å². The lowest BCUT2D eigenvalue weighted by Crippen LogP contribution is -2.05. The number of hydrogen-bond donors (Lipinski definition) is 1. The molecule has 0 aromatic carbocycles. The van der Waals surface area contributed by atoms with Gasteiger partial charge in [0.25, 0.3) is 0 Å². The highest BCUT2D eigenvalue weighted by Gasteiger charge is 2.15. The summed E-state index contributed by atoms with van der Waals surface area (Å²) >= 11 is 1.48. The first-order valence-corrected chi connectivity index (χ1v) is 7.27. The molecule has 0 saturated carbocycles. The number of imidazole rings is 1. The van der Waals surface area contributed by atoms with Crippen LogP contribution in [0.15, 0.2) is 18.7 Å². The molecule has 0 aliphatic rings. The standard InChI is InChI=1S/C13H18N4O2S/c1-10-11(12(18)19-2)16-13(20-10)15-5-3-4-7-17-8-6-14-9-17/h6,8-9H,3-5,7H2,1-2H3,(H,15,16). The molecule has 108 valence electrons. The molecule has 2 heterocycles. The molecule has 0 atom stereocenters. The van der Waals surface area contributed by atoms with Gasteiger partial charge in [0.2, 0.25) is 0 Å². The summed E-state index contributed by atoms with van der Waals surface area (Å²) in [6.45, 7) is 3.67. The summed E-state index contributed by atoms with van der Waals surface area (Å²) in [6, 6.07) is 0. The van der Waals surface area contributed by atoms with Crippen molar-refractivity contribution in [3.05, 3.63) is 29.3 Å². The van der Waals surface area contributed by atoms with Crippen LogP contribution in [0.4, 0.5) is 5.13 Å². The van der Waals surface area contributed by atoms with E-state index in [0.29, 0.717) is 5.69 Å². The van der Waals surface area contributed by atoms with Crippen LogP contribution in [-0.4, -0.2) is 34.2 Å². The Morgan fingerprint density at radius 3 is 3.05 bits per heavy atom. The van der Waals surface area contributed by atoms with Gasteiger partial charge < -0.3 is 14.6 Å². The molecule has 0 amide bonds. The Morgan fingerprint density at radius 1 is 1.50 bits per heavy atom. The molecule has 7 heteroatoms. The molecule has 0 aliphatic heterocycles. The molecule has 0 aliphatic carbocycles. The normalized spacial score (nSPS) is 10.5. The molecule has 0 bridgehead atoms. The maximum atomic E-state index is 11.4. The Labute approximate surface area is 121 Å². The number of hydrogen-bond acceptors (Lipinski definition) is 6. The van der Waals surface area contributed by atoms with Gasteiger partial charge in [-0.2, -0.15) is 0 Å². The molecule has 2 aromatic heterocycles. The summed E-state index contributed by atoms with van der Waals surface area (Å²) in [5.41, 5.74) is 0.401. The van der Waals surface area contributed by atoms with E-state index in [1.807, 2.05) is 19.4 Å². The van der Waals surface area contributed by atoms with Gasteiger partial charge in [-0.25, -0.2) is 14.8 Å². The zero-order valence-electron chi connectivity index (χ0n) is 11.6. The highest BCUT2D eigenvalue weighted by atomic mass is 32.1. The van der Waals surface area contributed by atoms with E-state index >= 15 is 0 Å². The number of aryl methyl sites for hydroxylation is 2. The number of anilines is 1. The van der Waals surface area contributed by atoms with Crippen LogP contribution in [0.3, 0.4) is 0 Å². The van der Waals surface area contributed by atoms with Crippen LogP contribution in [0.2, 0.25) is 0 Å². The third kappa shape index (κ3) is 3.80. The molecular weight excluding hydrogens is 276 g/mol. The van der Waals surface area contributed by atoms with Crippen molar-refractivity contribution in [1.29, 1.82) is 0 Å². The maximum Gasteiger partial charge on any atom is 0.357 e. The molecule has 2 rings (SSSR count). The van der Waals surface area contributed by atoms with Crippen molar-refractivity contribution < 1.29 is 9.53 Å². The summed E-state index contributed by atoms with van der Waals surface area (Å²) in [6.07, 6.45) is 7.66. The summed E-state index contributed by atoms with van der Waals surface area (Å²) in [4.78, 5) is 20.6. The van der Waals surface area contributed by atoms with Crippen LogP contribution in [-0.2, 0) is 11.3 Å². The monoisotopic (exact) mass is 294 g/mol. The fraction of sp³-hybridized carbons (Fsp3) is 0.462. The molecule has 2 aromatic rings. The molecular formula is C13H18N4O2S. The summed E-state index contributed by atoms with van der Waals surface area (Å²) in [5.74, 6) is -0.382. The summed E-state index contributed by atoms with van der Waals surface area (Å²) < 4.78 is 6.74. The fourth-order valence-corrected chi connectivity index (χ4v) is 2.62. The van der Waals surface area contributed by atoms with E-state index in [9.17, 15) is 4.79 Å². The Hall–Kier alpha value is -1.89. The molecule has 0 radical (unpaired) electrons. The number of carbonyl (C=O) groups excluding carboxylic acids is 1. The van der Waals surface area contributed by atoms with E-state index in [-0.39, 0.29) is 5.97 Å². The van der Waals surface area contributed by atoms with E-state index in [1.54, 1.807) is 6.20 Å². The molecule has 0 unspecified atom stereocenters. The first-order chi connectivity index (χ1) is 9.70. The molecule has 0 spiro atoms. The summed E-state index contributed by atoms with van der Waals surface area (Å²) in [7, 11) is 1.37. The average molecular weight is 294 g/mol. The Balaban J connectivity index is 1.73. The second-order valence-electron chi connectivity index (χ2n) is 4.35. The largest absolute Gasteiger partial charge is 0.464 e. The second-order valence-corrected chi connectivity index (χ2v) is 5.55. The van der Waals surface area contributed by atoms with Gasteiger partial charge in [0.1, 0.15) is 0 Å². The fourth-order valence-electron chi connectivity index (χ4n) is 1.79. The quantitative estimate of drug-likeness (QED) is 0.627. The third-order valence-electron chi connectivity index (χ3n) is 2.85. The highest BCUT2D eigenvalue weighted by molar-refractivity contribution is 7.15. The van der Waals surface area contributed by atoms with Crippen molar-refractivity contribution >= 4 is 22.4 Å².